The number of hydrogen-bond acceptors (Lipinski definition) is 3. The van der Waals surface area contributed by atoms with Crippen LogP contribution in [0.15, 0.2) is 92.5 Å². The largest absolute Gasteiger partial charge is 0.456 e. The fourth-order valence-electron chi connectivity index (χ4n) is 2.82. The van der Waals surface area contributed by atoms with Crippen molar-refractivity contribution in [3.63, 3.8) is 0 Å². The van der Waals surface area contributed by atoms with E-state index in [9.17, 15) is 4.79 Å². The SMILES string of the molecule is O=c1cc(-c2ccccc2)oc2ccc(NCc3ccc(Br)cc3)cc12. The first kappa shape index (κ1) is 16.6. The highest BCUT2D eigenvalue weighted by Crippen LogP contribution is 2.24. The van der Waals surface area contributed by atoms with Crippen molar-refractivity contribution in [3.8, 4) is 11.3 Å². The standard InChI is InChI=1S/C22H16BrNO2/c23-17-8-6-15(7-9-17)14-24-18-10-11-21-19(12-18)20(25)13-22(26-21)16-4-2-1-3-5-16/h1-13,24H,14H2. The third kappa shape index (κ3) is 3.55. The highest BCUT2D eigenvalue weighted by Gasteiger charge is 2.07. The van der Waals surface area contributed by atoms with Gasteiger partial charge in [0.05, 0.1) is 5.39 Å². The van der Waals surface area contributed by atoms with Crippen LogP contribution in [0, 0.1) is 0 Å². The second kappa shape index (κ2) is 7.18. The number of nitrogens with one attached hydrogen (secondary N) is 1. The molecule has 0 unspecified atom stereocenters. The Kier molecular flexibility index (Phi) is 4.59. The number of anilines is 1. The Bertz CT molecular complexity index is 1100. The number of hydrogen-bond donors (Lipinski definition) is 1. The summed E-state index contributed by atoms with van der Waals surface area (Å²) >= 11 is 3.43. The quantitative estimate of drug-likeness (QED) is 0.463. The van der Waals surface area contributed by atoms with Gasteiger partial charge in [0, 0.05) is 28.3 Å². The molecular formula is C22H16BrNO2. The lowest BCUT2D eigenvalue weighted by atomic mass is 10.1. The van der Waals surface area contributed by atoms with E-state index in [1.165, 1.54) is 5.56 Å². The van der Waals surface area contributed by atoms with Gasteiger partial charge in [0.15, 0.2) is 5.43 Å². The monoisotopic (exact) mass is 405 g/mol. The Morgan fingerprint density at radius 2 is 1.65 bits per heavy atom. The maximum Gasteiger partial charge on any atom is 0.193 e. The van der Waals surface area contributed by atoms with Crippen molar-refractivity contribution in [1.82, 2.24) is 0 Å². The predicted octanol–water partition coefficient (Wildman–Crippen LogP) is 5.83. The first-order valence-electron chi connectivity index (χ1n) is 8.31. The highest BCUT2D eigenvalue weighted by molar-refractivity contribution is 9.10. The summed E-state index contributed by atoms with van der Waals surface area (Å²) in [4.78, 5) is 12.5. The van der Waals surface area contributed by atoms with Crippen molar-refractivity contribution >= 4 is 32.6 Å². The number of fused-ring (bicyclic) bond motifs is 1. The summed E-state index contributed by atoms with van der Waals surface area (Å²) in [6.45, 7) is 0.687. The van der Waals surface area contributed by atoms with Crippen LogP contribution >= 0.6 is 15.9 Å². The van der Waals surface area contributed by atoms with Crippen LogP contribution < -0.4 is 10.7 Å². The van der Waals surface area contributed by atoms with Crippen LogP contribution in [-0.2, 0) is 6.54 Å². The molecule has 1 N–H and O–H groups in total. The normalized spacial score (nSPS) is 10.8. The number of benzene rings is 3. The summed E-state index contributed by atoms with van der Waals surface area (Å²) in [6, 6.07) is 24.9. The molecule has 26 heavy (non-hydrogen) atoms. The van der Waals surface area contributed by atoms with Crippen LogP contribution in [0.25, 0.3) is 22.3 Å². The zero-order valence-corrected chi connectivity index (χ0v) is 15.5. The number of halogens is 1. The average Bonchev–Trinajstić information content (AvgIpc) is 2.68. The first-order valence-corrected chi connectivity index (χ1v) is 9.10. The van der Waals surface area contributed by atoms with E-state index in [4.69, 9.17) is 4.42 Å². The van der Waals surface area contributed by atoms with Crippen LogP contribution in [0.2, 0.25) is 0 Å². The Morgan fingerprint density at radius 3 is 2.42 bits per heavy atom. The molecule has 0 aliphatic rings. The van der Waals surface area contributed by atoms with Gasteiger partial charge in [-0.05, 0) is 35.9 Å². The topological polar surface area (TPSA) is 42.2 Å². The van der Waals surface area contributed by atoms with Crippen molar-refractivity contribution in [2.45, 2.75) is 6.54 Å². The first-order chi connectivity index (χ1) is 12.7. The molecule has 0 aliphatic heterocycles. The van der Waals surface area contributed by atoms with Gasteiger partial charge in [-0.3, -0.25) is 4.79 Å². The van der Waals surface area contributed by atoms with Gasteiger partial charge in [-0.15, -0.1) is 0 Å². The minimum atomic E-state index is -0.0441. The molecule has 0 saturated carbocycles. The van der Waals surface area contributed by atoms with Gasteiger partial charge in [-0.1, -0.05) is 58.4 Å². The molecule has 0 amide bonds. The summed E-state index contributed by atoms with van der Waals surface area (Å²) in [5, 5.41) is 3.92. The number of rotatable bonds is 4. The summed E-state index contributed by atoms with van der Waals surface area (Å²) in [6.07, 6.45) is 0. The van der Waals surface area contributed by atoms with Crippen molar-refractivity contribution in [1.29, 1.82) is 0 Å². The van der Waals surface area contributed by atoms with Crippen LogP contribution in [0.4, 0.5) is 5.69 Å². The van der Waals surface area contributed by atoms with Crippen molar-refractivity contribution in [3.05, 3.63) is 99.1 Å². The molecule has 4 aromatic rings. The van der Waals surface area contributed by atoms with Gasteiger partial charge in [0.1, 0.15) is 11.3 Å². The second-order valence-corrected chi connectivity index (χ2v) is 6.95. The molecule has 0 atom stereocenters. The summed E-state index contributed by atoms with van der Waals surface area (Å²) in [7, 11) is 0. The van der Waals surface area contributed by atoms with Crippen molar-refractivity contribution in [2.75, 3.05) is 5.32 Å². The Balaban J connectivity index is 1.62. The molecule has 4 heteroatoms. The smallest absolute Gasteiger partial charge is 0.193 e. The lowest BCUT2D eigenvalue weighted by molar-refractivity contribution is 0.619. The molecule has 0 saturated heterocycles. The van der Waals surface area contributed by atoms with Gasteiger partial charge >= 0.3 is 0 Å². The zero-order valence-electron chi connectivity index (χ0n) is 13.9. The molecule has 4 rings (SSSR count). The van der Waals surface area contributed by atoms with Crippen LogP contribution in [0.5, 0.6) is 0 Å². The Morgan fingerprint density at radius 1 is 0.885 bits per heavy atom. The lowest BCUT2D eigenvalue weighted by Crippen LogP contribution is -2.03. The van der Waals surface area contributed by atoms with Crippen LogP contribution in [0.3, 0.4) is 0 Å². The molecule has 128 valence electrons. The maximum absolute atomic E-state index is 12.5. The lowest BCUT2D eigenvalue weighted by Gasteiger charge is -2.08. The molecule has 0 spiro atoms. The molecule has 0 aliphatic carbocycles. The summed E-state index contributed by atoms with van der Waals surface area (Å²) in [5.41, 5.74) is 3.49. The third-order valence-corrected chi connectivity index (χ3v) is 4.72. The Hall–Kier alpha value is -2.85. The van der Waals surface area contributed by atoms with Crippen LogP contribution in [-0.4, -0.2) is 0 Å². The third-order valence-electron chi connectivity index (χ3n) is 4.20. The Labute approximate surface area is 159 Å². The van der Waals surface area contributed by atoms with Gasteiger partial charge in [-0.2, -0.15) is 0 Å². The van der Waals surface area contributed by atoms with E-state index >= 15 is 0 Å². The minimum absolute atomic E-state index is 0.0441. The molecule has 1 aromatic heterocycles. The fraction of sp³-hybridized carbons (Fsp3) is 0.0455. The predicted molar refractivity (Wildman–Crippen MR) is 109 cm³/mol. The van der Waals surface area contributed by atoms with E-state index in [2.05, 4.69) is 33.4 Å². The molecule has 3 aromatic carbocycles. The zero-order chi connectivity index (χ0) is 17.9. The van der Waals surface area contributed by atoms with Crippen molar-refractivity contribution < 1.29 is 4.42 Å². The fourth-order valence-corrected chi connectivity index (χ4v) is 3.08. The summed E-state index contributed by atoms with van der Waals surface area (Å²) in [5.74, 6) is 0.582. The molecular weight excluding hydrogens is 390 g/mol. The van der Waals surface area contributed by atoms with E-state index in [0.717, 1.165) is 15.7 Å². The van der Waals surface area contributed by atoms with E-state index in [1.807, 2.05) is 60.7 Å². The van der Waals surface area contributed by atoms with E-state index < -0.39 is 0 Å². The second-order valence-electron chi connectivity index (χ2n) is 6.03. The average molecular weight is 406 g/mol. The van der Waals surface area contributed by atoms with E-state index in [1.54, 1.807) is 6.07 Å². The van der Waals surface area contributed by atoms with Gasteiger partial charge < -0.3 is 9.73 Å². The molecule has 3 nitrogen and oxygen atoms in total. The molecule has 1 heterocycles. The molecule has 0 radical (unpaired) electrons. The molecule has 0 bridgehead atoms. The van der Waals surface area contributed by atoms with Crippen molar-refractivity contribution in [2.24, 2.45) is 0 Å². The van der Waals surface area contributed by atoms with Gasteiger partial charge in [-0.25, -0.2) is 0 Å². The minimum Gasteiger partial charge on any atom is -0.456 e. The van der Waals surface area contributed by atoms with E-state index in [-0.39, 0.29) is 5.43 Å². The van der Waals surface area contributed by atoms with Gasteiger partial charge in [0.2, 0.25) is 0 Å². The molecule has 0 fully saturated rings. The van der Waals surface area contributed by atoms with Gasteiger partial charge in [0.25, 0.3) is 0 Å². The highest BCUT2D eigenvalue weighted by atomic mass is 79.9. The van der Waals surface area contributed by atoms with Crippen LogP contribution in [0.1, 0.15) is 5.56 Å². The summed E-state index contributed by atoms with van der Waals surface area (Å²) < 4.78 is 6.98. The van der Waals surface area contributed by atoms with E-state index in [0.29, 0.717) is 23.3 Å². The maximum atomic E-state index is 12.5.